The molecule has 0 saturated heterocycles. The third kappa shape index (κ3) is 7.30. The van der Waals surface area contributed by atoms with Crippen molar-refractivity contribution < 1.29 is 34.2 Å². The molecule has 2 aromatic rings. The van der Waals surface area contributed by atoms with Crippen molar-refractivity contribution in [1.82, 2.24) is 10.6 Å². The largest absolute Gasteiger partial charge is 0.480 e. The van der Waals surface area contributed by atoms with Gasteiger partial charge in [0.05, 0.1) is 5.69 Å². The van der Waals surface area contributed by atoms with Crippen molar-refractivity contribution in [2.24, 2.45) is 5.73 Å². The average molecular weight is 529 g/mol. The number of carboxylic acid groups (broad SMARTS) is 2. The van der Waals surface area contributed by atoms with Crippen LogP contribution in [0.4, 0.5) is 5.69 Å². The molecule has 0 bridgehead atoms. The molecule has 0 fully saturated rings. The van der Waals surface area contributed by atoms with Crippen LogP contribution < -0.4 is 21.7 Å². The van der Waals surface area contributed by atoms with Crippen LogP contribution in [0.2, 0.25) is 0 Å². The molecule has 0 heterocycles. The Hall–Kier alpha value is -3.90. The summed E-state index contributed by atoms with van der Waals surface area (Å²) in [6.45, 7) is 0.758. The number of thioether (sulfide) groups is 1. The quantitative estimate of drug-likeness (QED) is 0.188. The molecule has 0 radical (unpaired) electrons. The second kappa shape index (κ2) is 12.4. The van der Waals surface area contributed by atoms with E-state index in [-0.39, 0.29) is 24.5 Å². The van der Waals surface area contributed by atoms with E-state index in [4.69, 9.17) is 15.9 Å². The minimum absolute atomic E-state index is 0.0293. The smallest absolute Gasteiger partial charge is 0.322 e. The van der Waals surface area contributed by atoms with Crippen LogP contribution in [-0.2, 0) is 30.4 Å². The molecule has 2 unspecified atom stereocenters. The summed E-state index contributed by atoms with van der Waals surface area (Å²) in [5.74, 6) is -4.03. The predicted octanol–water partition coefficient (Wildman–Crippen LogP) is 1.19. The number of fused-ring (bicyclic) bond motifs is 3. The fourth-order valence-corrected chi connectivity index (χ4v) is 5.15. The van der Waals surface area contributed by atoms with Gasteiger partial charge in [0.25, 0.3) is 0 Å². The van der Waals surface area contributed by atoms with Crippen molar-refractivity contribution in [3.05, 3.63) is 47.5 Å². The summed E-state index contributed by atoms with van der Waals surface area (Å²) in [5, 5.41) is 25.5. The number of hydrogen-bond acceptors (Lipinski definition) is 7. The topological polar surface area (TPSA) is 188 Å². The number of carboxylic acids is 2. The van der Waals surface area contributed by atoms with E-state index >= 15 is 0 Å². The number of hydrogen-bond donors (Lipinski definition) is 6. The van der Waals surface area contributed by atoms with Gasteiger partial charge in [0.1, 0.15) is 18.6 Å². The molecule has 3 amide bonds. The fourth-order valence-electron chi connectivity index (χ4n) is 3.95. The molecule has 3 rings (SSSR count). The molecular weight excluding hydrogens is 500 g/mol. The van der Waals surface area contributed by atoms with E-state index in [2.05, 4.69) is 16.0 Å². The Labute approximate surface area is 217 Å². The minimum atomic E-state index is -1.25. The first-order chi connectivity index (χ1) is 17.6. The maximum Gasteiger partial charge on any atom is 0.322 e. The van der Waals surface area contributed by atoms with E-state index in [1.165, 1.54) is 18.7 Å². The zero-order valence-corrected chi connectivity index (χ0v) is 20.9. The lowest BCUT2D eigenvalue weighted by atomic mass is 10.1. The highest BCUT2D eigenvalue weighted by atomic mass is 32.2. The zero-order valence-electron chi connectivity index (χ0n) is 20.1. The number of aliphatic carboxylic acids is 2. The molecule has 1 aliphatic carbocycles. The standard InChI is InChI=1S/C25H28N4O7S/c1-13(30)28-19-8-6-16-15-5-3-2-4-14(15)10-17(16)23(19)37-12-20(24(34)27-11-22(32)33)29-21(31)9-7-18(26)25(35)36/h2-6,8,18,20H,7,9-12,26H2,1H3,(H,27,34)(H,28,30)(H,29,31)(H,32,33)(H,35,36). The van der Waals surface area contributed by atoms with Gasteiger partial charge in [-0.1, -0.05) is 30.3 Å². The third-order valence-corrected chi connectivity index (χ3v) is 6.96. The summed E-state index contributed by atoms with van der Waals surface area (Å²) in [7, 11) is 0. The predicted molar refractivity (Wildman–Crippen MR) is 137 cm³/mol. The van der Waals surface area contributed by atoms with Gasteiger partial charge in [-0.3, -0.25) is 24.0 Å². The van der Waals surface area contributed by atoms with E-state index in [1.54, 1.807) is 6.07 Å². The molecule has 196 valence electrons. The van der Waals surface area contributed by atoms with E-state index in [0.717, 1.165) is 27.1 Å². The van der Waals surface area contributed by atoms with Crippen LogP contribution in [0.3, 0.4) is 0 Å². The van der Waals surface area contributed by atoms with Gasteiger partial charge >= 0.3 is 11.9 Å². The molecule has 11 nitrogen and oxygen atoms in total. The molecule has 37 heavy (non-hydrogen) atoms. The van der Waals surface area contributed by atoms with Crippen LogP contribution in [0.25, 0.3) is 11.1 Å². The first-order valence-electron chi connectivity index (χ1n) is 11.5. The highest BCUT2D eigenvalue weighted by molar-refractivity contribution is 7.99. The van der Waals surface area contributed by atoms with Crippen molar-refractivity contribution in [2.45, 2.75) is 43.2 Å². The van der Waals surface area contributed by atoms with Gasteiger partial charge in [-0.2, -0.15) is 0 Å². The Bertz CT molecular complexity index is 1230. The molecule has 1 aliphatic rings. The fraction of sp³-hybridized carbons (Fsp3) is 0.320. The van der Waals surface area contributed by atoms with E-state index in [9.17, 15) is 24.0 Å². The van der Waals surface area contributed by atoms with Gasteiger partial charge in [-0.15, -0.1) is 11.8 Å². The van der Waals surface area contributed by atoms with Crippen molar-refractivity contribution >= 4 is 47.1 Å². The van der Waals surface area contributed by atoms with Crippen LogP contribution in [0.15, 0.2) is 41.3 Å². The Morgan fingerprint density at radius 3 is 2.46 bits per heavy atom. The monoisotopic (exact) mass is 528 g/mol. The summed E-state index contributed by atoms with van der Waals surface area (Å²) >= 11 is 1.25. The highest BCUT2D eigenvalue weighted by Gasteiger charge is 2.27. The van der Waals surface area contributed by atoms with Gasteiger partial charge in [0.2, 0.25) is 17.7 Å². The van der Waals surface area contributed by atoms with E-state index < -0.39 is 42.4 Å². The lowest BCUT2D eigenvalue weighted by Crippen LogP contribution is -2.49. The molecule has 2 atom stereocenters. The summed E-state index contributed by atoms with van der Waals surface area (Å²) in [6.07, 6.45) is 0.263. The lowest BCUT2D eigenvalue weighted by Gasteiger charge is -2.20. The van der Waals surface area contributed by atoms with Gasteiger partial charge in [-0.25, -0.2) is 0 Å². The first-order valence-corrected chi connectivity index (χ1v) is 12.5. The SMILES string of the molecule is CC(=O)Nc1ccc2c(c1SCC(NC(=O)CCC(N)C(=O)O)C(=O)NCC(=O)O)Cc1ccccc1-2. The van der Waals surface area contributed by atoms with Gasteiger partial charge in [-0.05, 0) is 41.2 Å². The molecule has 0 saturated carbocycles. The zero-order chi connectivity index (χ0) is 27.1. The molecule has 0 spiro atoms. The van der Waals surface area contributed by atoms with E-state index in [0.29, 0.717) is 12.1 Å². The number of carbonyl (C=O) groups excluding carboxylic acids is 3. The first kappa shape index (κ1) is 27.7. The van der Waals surface area contributed by atoms with Crippen molar-refractivity contribution in [3.63, 3.8) is 0 Å². The van der Waals surface area contributed by atoms with Crippen LogP contribution in [-0.4, -0.2) is 64.3 Å². The normalized spacial score (nSPS) is 13.0. The van der Waals surface area contributed by atoms with Crippen LogP contribution >= 0.6 is 11.8 Å². The Balaban J connectivity index is 1.83. The molecular formula is C25H28N4O7S. The maximum absolute atomic E-state index is 12.7. The van der Waals surface area contributed by atoms with Crippen molar-refractivity contribution in [1.29, 1.82) is 0 Å². The Morgan fingerprint density at radius 1 is 1.05 bits per heavy atom. The number of anilines is 1. The number of amides is 3. The number of rotatable bonds is 12. The number of nitrogens with two attached hydrogens (primary N) is 1. The van der Waals surface area contributed by atoms with Gasteiger partial charge in [0.15, 0.2) is 0 Å². The van der Waals surface area contributed by atoms with Crippen molar-refractivity contribution in [3.8, 4) is 11.1 Å². The summed E-state index contributed by atoms with van der Waals surface area (Å²) in [4.78, 5) is 59.6. The van der Waals surface area contributed by atoms with Gasteiger partial charge in [0, 0.05) is 24.0 Å². The summed E-state index contributed by atoms with van der Waals surface area (Å²) < 4.78 is 0. The molecule has 12 heteroatoms. The molecule has 0 aliphatic heterocycles. The summed E-state index contributed by atoms with van der Waals surface area (Å²) in [6, 6.07) is 9.29. The van der Waals surface area contributed by atoms with Crippen LogP contribution in [0.1, 0.15) is 30.9 Å². The average Bonchev–Trinajstić information content (AvgIpc) is 3.22. The number of nitrogens with one attached hydrogen (secondary N) is 3. The van der Waals surface area contributed by atoms with Crippen molar-refractivity contribution in [2.75, 3.05) is 17.6 Å². The summed E-state index contributed by atoms with van der Waals surface area (Å²) in [5.41, 5.74) is 10.2. The van der Waals surface area contributed by atoms with Gasteiger partial charge < -0.3 is 31.9 Å². The Morgan fingerprint density at radius 2 is 1.78 bits per heavy atom. The number of benzene rings is 2. The molecule has 7 N–H and O–H groups in total. The maximum atomic E-state index is 12.7. The molecule has 0 aromatic heterocycles. The number of carbonyl (C=O) groups is 5. The van der Waals surface area contributed by atoms with Crippen LogP contribution in [0, 0.1) is 0 Å². The van der Waals surface area contributed by atoms with E-state index in [1.807, 2.05) is 30.3 Å². The highest BCUT2D eigenvalue weighted by Crippen LogP contribution is 2.44. The second-order valence-corrected chi connectivity index (χ2v) is 9.54. The van der Waals surface area contributed by atoms with Crippen LogP contribution in [0.5, 0.6) is 0 Å². The Kier molecular flexibility index (Phi) is 9.25. The second-order valence-electron chi connectivity index (χ2n) is 8.51. The lowest BCUT2D eigenvalue weighted by molar-refractivity contribution is -0.139. The third-order valence-electron chi connectivity index (χ3n) is 5.71. The minimum Gasteiger partial charge on any atom is -0.480 e. The molecule has 2 aromatic carbocycles.